The van der Waals surface area contributed by atoms with E-state index in [1.54, 1.807) is 26.0 Å². The van der Waals surface area contributed by atoms with Gasteiger partial charge in [-0.2, -0.15) is 0 Å². The van der Waals surface area contributed by atoms with Crippen LogP contribution in [-0.2, 0) is 16.0 Å². The molecule has 0 aliphatic heterocycles. The van der Waals surface area contributed by atoms with Crippen LogP contribution in [0.15, 0.2) is 18.2 Å². The van der Waals surface area contributed by atoms with E-state index in [9.17, 15) is 9.18 Å². The van der Waals surface area contributed by atoms with Crippen molar-refractivity contribution in [1.29, 1.82) is 0 Å². The largest absolute Gasteiger partial charge is 0.489 e. The highest BCUT2D eigenvalue weighted by atomic mass is 19.1. The molecule has 112 valence electrons. The summed E-state index contributed by atoms with van der Waals surface area (Å²) in [6.07, 6.45) is 0.602. The second-order valence-corrected chi connectivity index (χ2v) is 5.61. The maximum absolute atomic E-state index is 13.9. The highest BCUT2D eigenvalue weighted by molar-refractivity contribution is 5.75. The number of nitrogens with two attached hydrogens (primary N) is 1. The Morgan fingerprint density at radius 1 is 1.45 bits per heavy atom. The molecule has 0 saturated carbocycles. The van der Waals surface area contributed by atoms with Gasteiger partial charge in [0, 0.05) is 6.04 Å². The van der Waals surface area contributed by atoms with E-state index in [1.165, 1.54) is 13.2 Å². The lowest BCUT2D eigenvalue weighted by molar-refractivity contribution is -0.152. The van der Waals surface area contributed by atoms with Crippen molar-refractivity contribution < 1.29 is 18.7 Å². The van der Waals surface area contributed by atoms with Gasteiger partial charge in [0.25, 0.3) is 0 Å². The molecule has 1 atom stereocenters. The first kappa shape index (κ1) is 16.4. The average Bonchev–Trinajstić information content (AvgIpc) is 2.36. The third-order valence-corrected chi connectivity index (χ3v) is 2.88. The van der Waals surface area contributed by atoms with E-state index in [-0.39, 0.29) is 18.4 Å². The average molecular weight is 283 g/mol. The quantitative estimate of drug-likeness (QED) is 0.814. The highest BCUT2D eigenvalue weighted by Crippen LogP contribution is 2.23. The summed E-state index contributed by atoms with van der Waals surface area (Å²) in [6.45, 7) is 5.27. The van der Waals surface area contributed by atoms with Crippen LogP contribution in [0.5, 0.6) is 5.75 Å². The fourth-order valence-corrected chi connectivity index (χ4v) is 1.75. The van der Waals surface area contributed by atoms with Crippen LogP contribution in [0.4, 0.5) is 4.39 Å². The van der Waals surface area contributed by atoms with Crippen LogP contribution >= 0.6 is 0 Å². The minimum atomic E-state index is -0.828. The fraction of sp³-hybridized carbons (Fsp3) is 0.533. The predicted octanol–water partition coefficient (Wildman–Crippen LogP) is 2.29. The molecule has 0 aliphatic rings. The number of carbonyl (C=O) groups is 1. The number of ether oxygens (including phenoxy) is 2. The van der Waals surface area contributed by atoms with Gasteiger partial charge < -0.3 is 15.2 Å². The predicted molar refractivity (Wildman–Crippen MR) is 75.0 cm³/mol. The van der Waals surface area contributed by atoms with E-state index in [0.29, 0.717) is 6.42 Å². The molecule has 1 aromatic rings. The monoisotopic (exact) mass is 283 g/mol. The molecule has 1 rings (SSSR count). The van der Waals surface area contributed by atoms with E-state index in [1.807, 2.05) is 6.92 Å². The summed E-state index contributed by atoms with van der Waals surface area (Å²) in [5.74, 6) is -0.731. The SMILES string of the molecule is COC(=O)C(C)(C)COc1ccc(CC(C)N)cc1F. The standard InChI is InChI=1S/C15H22FNO3/c1-10(17)7-11-5-6-13(12(16)8-11)20-9-15(2,3)14(18)19-4/h5-6,8,10H,7,9,17H2,1-4H3. The number of methoxy groups -OCH3 is 1. The number of rotatable bonds is 6. The third-order valence-electron chi connectivity index (χ3n) is 2.88. The lowest BCUT2D eigenvalue weighted by atomic mass is 9.95. The molecular formula is C15H22FNO3. The molecule has 0 aromatic heterocycles. The number of hydrogen-bond donors (Lipinski definition) is 1. The molecule has 0 aliphatic carbocycles. The summed E-state index contributed by atoms with van der Waals surface area (Å²) in [5.41, 5.74) is 5.66. The summed E-state index contributed by atoms with van der Waals surface area (Å²) >= 11 is 0. The van der Waals surface area contributed by atoms with Crippen molar-refractivity contribution in [2.24, 2.45) is 11.1 Å². The number of carbonyl (C=O) groups excluding carboxylic acids is 1. The number of hydrogen-bond acceptors (Lipinski definition) is 4. The van der Waals surface area contributed by atoms with Gasteiger partial charge in [0.1, 0.15) is 6.61 Å². The summed E-state index contributed by atoms with van der Waals surface area (Å²) in [6, 6.07) is 4.70. The van der Waals surface area contributed by atoms with Crippen molar-refractivity contribution in [3.8, 4) is 5.75 Å². The van der Waals surface area contributed by atoms with Gasteiger partial charge in [-0.05, 0) is 44.9 Å². The van der Waals surface area contributed by atoms with Crippen molar-refractivity contribution in [2.45, 2.75) is 33.2 Å². The number of benzene rings is 1. The molecule has 0 fully saturated rings. The third kappa shape index (κ3) is 4.49. The molecule has 0 bridgehead atoms. The van der Waals surface area contributed by atoms with Crippen LogP contribution in [0, 0.1) is 11.2 Å². The van der Waals surface area contributed by atoms with Crippen LogP contribution < -0.4 is 10.5 Å². The van der Waals surface area contributed by atoms with Gasteiger partial charge in [-0.1, -0.05) is 6.07 Å². The molecule has 20 heavy (non-hydrogen) atoms. The number of halogens is 1. The Labute approximate surface area is 119 Å². The molecule has 0 spiro atoms. The van der Waals surface area contributed by atoms with Gasteiger partial charge in [-0.25, -0.2) is 4.39 Å². The minimum absolute atomic E-state index is 0.0283. The molecule has 1 aromatic carbocycles. The first-order chi connectivity index (χ1) is 9.26. The van der Waals surface area contributed by atoms with Crippen LogP contribution in [0.3, 0.4) is 0 Å². The van der Waals surface area contributed by atoms with Crippen molar-refractivity contribution in [3.05, 3.63) is 29.6 Å². The van der Waals surface area contributed by atoms with Crippen LogP contribution in [0.1, 0.15) is 26.3 Å². The van der Waals surface area contributed by atoms with E-state index in [2.05, 4.69) is 4.74 Å². The second kappa shape index (κ2) is 6.70. The second-order valence-electron chi connectivity index (χ2n) is 5.61. The molecule has 0 heterocycles. The van der Waals surface area contributed by atoms with E-state index < -0.39 is 17.2 Å². The maximum Gasteiger partial charge on any atom is 0.314 e. The Morgan fingerprint density at radius 2 is 2.10 bits per heavy atom. The molecule has 2 N–H and O–H groups in total. The zero-order valence-corrected chi connectivity index (χ0v) is 12.4. The molecule has 1 unspecified atom stereocenters. The highest BCUT2D eigenvalue weighted by Gasteiger charge is 2.30. The molecule has 0 amide bonds. The summed E-state index contributed by atoms with van der Waals surface area (Å²) in [5, 5.41) is 0. The smallest absolute Gasteiger partial charge is 0.314 e. The molecule has 0 saturated heterocycles. The molecular weight excluding hydrogens is 261 g/mol. The van der Waals surface area contributed by atoms with Gasteiger partial charge in [0.15, 0.2) is 11.6 Å². The van der Waals surface area contributed by atoms with E-state index >= 15 is 0 Å². The lowest BCUT2D eigenvalue weighted by Crippen LogP contribution is -2.32. The summed E-state index contributed by atoms with van der Waals surface area (Å²) < 4.78 is 23.9. The Bertz CT molecular complexity index is 472. The fourth-order valence-electron chi connectivity index (χ4n) is 1.75. The van der Waals surface area contributed by atoms with Gasteiger partial charge in [-0.3, -0.25) is 4.79 Å². The van der Waals surface area contributed by atoms with Crippen molar-refractivity contribution >= 4 is 5.97 Å². The summed E-state index contributed by atoms with van der Waals surface area (Å²) in [4.78, 5) is 11.5. The lowest BCUT2D eigenvalue weighted by Gasteiger charge is -2.21. The zero-order valence-electron chi connectivity index (χ0n) is 12.4. The minimum Gasteiger partial charge on any atom is -0.489 e. The van der Waals surface area contributed by atoms with Gasteiger partial charge in [0.05, 0.1) is 12.5 Å². The van der Waals surface area contributed by atoms with Crippen molar-refractivity contribution in [3.63, 3.8) is 0 Å². The van der Waals surface area contributed by atoms with Crippen LogP contribution in [-0.4, -0.2) is 25.7 Å². The van der Waals surface area contributed by atoms with Crippen LogP contribution in [0.25, 0.3) is 0 Å². The van der Waals surface area contributed by atoms with Gasteiger partial charge in [-0.15, -0.1) is 0 Å². The Balaban J connectivity index is 2.72. The number of esters is 1. The van der Waals surface area contributed by atoms with Crippen LogP contribution in [0.2, 0.25) is 0 Å². The first-order valence-corrected chi connectivity index (χ1v) is 6.51. The Morgan fingerprint density at radius 3 is 2.60 bits per heavy atom. The topological polar surface area (TPSA) is 61.5 Å². The van der Waals surface area contributed by atoms with Crippen molar-refractivity contribution in [2.75, 3.05) is 13.7 Å². The van der Waals surface area contributed by atoms with Gasteiger partial charge in [0.2, 0.25) is 0 Å². The van der Waals surface area contributed by atoms with E-state index in [0.717, 1.165) is 5.56 Å². The Hall–Kier alpha value is -1.62. The first-order valence-electron chi connectivity index (χ1n) is 6.51. The maximum atomic E-state index is 13.9. The summed E-state index contributed by atoms with van der Waals surface area (Å²) in [7, 11) is 1.31. The zero-order chi connectivity index (χ0) is 15.3. The van der Waals surface area contributed by atoms with E-state index in [4.69, 9.17) is 10.5 Å². The van der Waals surface area contributed by atoms with Crippen molar-refractivity contribution in [1.82, 2.24) is 0 Å². The molecule has 4 nitrogen and oxygen atoms in total. The molecule has 0 radical (unpaired) electrons. The normalized spacial score (nSPS) is 12.9. The Kier molecular flexibility index (Phi) is 5.51. The molecule has 5 heteroatoms. The van der Waals surface area contributed by atoms with Gasteiger partial charge >= 0.3 is 5.97 Å².